The van der Waals surface area contributed by atoms with E-state index in [9.17, 15) is 9.90 Å². The molecule has 3 fully saturated rings. The average molecular weight is 209 g/mol. The van der Waals surface area contributed by atoms with E-state index in [0.29, 0.717) is 17.4 Å². The van der Waals surface area contributed by atoms with Gasteiger partial charge in [0.2, 0.25) is 0 Å². The fourth-order valence-electron chi connectivity index (χ4n) is 3.20. The van der Waals surface area contributed by atoms with Gasteiger partial charge in [-0.15, -0.1) is 0 Å². The minimum atomic E-state index is -0.567. The summed E-state index contributed by atoms with van der Waals surface area (Å²) in [6, 6.07) is 0.571. The Morgan fingerprint density at radius 1 is 1.53 bits per heavy atom. The average Bonchev–Trinajstić information content (AvgIpc) is 3.06. The van der Waals surface area contributed by atoms with Crippen molar-refractivity contribution >= 4 is 5.97 Å². The van der Waals surface area contributed by atoms with Crippen LogP contribution in [0, 0.1) is 16.7 Å². The van der Waals surface area contributed by atoms with Crippen molar-refractivity contribution < 1.29 is 9.90 Å². The second-order valence-electron chi connectivity index (χ2n) is 6.12. The van der Waals surface area contributed by atoms with E-state index < -0.39 is 5.97 Å². The molecule has 0 aromatic heterocycles. The molecule has 3 atom stereocenters. The van der Waals surface area contributed by atoms with Gasteiger partial charge < -0.3 is 5.11 Å². The predicted molar refractivity (Wildman–Crippen MR) is 56.6 cm³/mol. The summed E-state index contributed by atoms with van der Waals surface area (Å²) in [5.41, 5.74) is 0.135. The van der Waals surface area contributed by atoms with Crippen molar-refractivity contribution in [2.75, 3.05) is 13.1 Å². The van der Waals surface area contributed by atoms with E-state index in [-0.39, 0.29) is 5.41 Å². The highest BCUT2D eigenvalue weighted by Gasteiger charge is 2.66. The number of likely N-dealkylation sites (tertiary alicyclic amines) is 1. The lowest BCUT2D eigenvalue weighted by atomic mass is 9.98. The second kappa shape index (κ2) is 2.57. The number of aliphatic carboxylic acids is 1. The van der Waals surface area contributed by atoms with Gasteiger partial charge in [0, 0.05) is 19.1 Å². The van der Waals surface area contributed by atoms with Gasteiger partial charge in [0.05, 0.1) is 5.41 Å². The van der Waals surface area contributed by atoms with Crippen molar-refractivity contribution in [3.8, 4) is 0 Å². The van der Waals surface area contributed by atoms with E-state index in [0.717, 1.165) is 19.5 Å². The third kappa shape index (κ3) is 1.19. The fourth-order valence-corrected chi connectivity index (χ4v) is 3.20. The van der Waals surface area contributed by atoms with E-state index in [1.54, 1.807) is 0 Å². The summed E-state index contributed by atoms with van der Waals surface area (Å²) in [6.07, 6.45) is 3.55. The molecule has 1 N–H and O–H groups in total. The van der Waals surface area contributed by atoms with Crippen LogP contribution in [-0.2, 0) is 4.79 Å². The number of carboxylic acids is 1. The number of hydrogen-bond donors (Lipinski definition) is 1. The van der Waals surface area contributed by atoms with Crippen LogP contribution in [0.4, 0.5) is 0 Å². The van der Waals surface area contributed by atoms with Gasteiger partial charge in [-0.1, -0.05) is 6.92 Å². The third-order valence-corrected chi connectivity index (χ3v) is 5.19. The van der Waals surface area contributed by atoms with E-state index in [4.69, 9.17) is 0 Å². The molecule has 2 aliphatic carbocycles. The van der Waals surface area contributed by atoms with Crippen molar-refractivity contribution in [2.45, 2.75) is 39.2 Å². The molecule has 3 aliphatic rings. The minimum absolute atomic E-state index is 0.348. The number of nitrogens with zero attached hydrogens (tertiary/aromatic N) is 1. The number of hydrogen-bond acceptors (Lipinski definition) is 2. The first-order chi connectivity index (χ1) is 6.98. The second-order valence-corrected chi connectivity index (χ2v) is 6.12. The molecule has 0 aromatic rings. The van der Waals surface area contributed by atoms with Gasteiger partial charge in [0.1, 0.15) is 0 Å². The van der Waals surface area contributed by atoms with E-state index >= 15 is 0 Å². The van der Waals surface area contributed by atoms with Crippen LogP contribution in [0.3, 0.4) is 0 Å². The molecule has 0 bridgehead atoms. The van der Waals surface area contributed by atoms with Gasteiger partial charge in [0.15, 0.2) is 0 Å². The van der Waals surface area contributed by atoms with Crippen molar-refractivity contribution in [1.82, 2.24) is 4.90 Å². The van der Waals surface area contributed by atoms with Gasteiger partial charge in [-0.25, -0.2) is 0 Å². The zero-order chi connectivity index (χ0) is 10.8. The Bertz CT molecular complexity index is 324. The van der Waals surface area contributed by atoms with E-state index in [2.05, 4.69) is 18.7 Å². The van der Waals surface area contributed by atoms with Crippen LogP contribution in [0.1, 0.15) is 33.1 Å². The Balaban J connectivity index is 1.70. The molecule has 3 heteroatoms. The van der Waals surface area contributed by atoms with Gasteiger partial charge in [0.25, 0.3) is 0 Å². The summed E-state index contributed by atoms with van der Waals surface area (Å²) in [4.78, 5) is 13.6. The van der Waals surface area contributed by atoms with Gasteiger partial charge in [-0.05, 0) is 37.5 Å². The highest BCUT2D eigenvalue weighted by Crippen LogP contribution is 2.60. The molecule has 3 nitrogen and oxygen atoms in total. The van der Waals surface area contributed by atoms with Crippen LogP contribution in [0.25, 0.3) is 0 Å². The highest BCUT2D eigenvalue weighted by atomic mass is 16.4. The first kappa shape index (κ1) is 9.64. The maximum absolute atomic E-state index is 11.2. The minimum Gasteiger partial charge on any atom is -0.481 e. The third-order valence-electron chi connectivity index (χ3n) is 5.19. The molecule has 0 aromatic carbocycles. The van der Waals surface area contributed by atoms with Crippen molar-refractivity contribution in [3.05, 3.63) is 0 Å². The molecule has 1 heterocycles. The number of carboxylic acid groups (broad SMARTS) is 1. The lowest BCUT2D eigenvalue weighted by Gasteiger charge is -2.31. The molecule has 0 spiro atoms. The summed E-state index contributed by atoms with van der Waals surface area (Å²) in [5.74, 6) is -0.122. The molecule has 0 amide bonds. The Kier molecular flexibility index (Phi) is 1.65. The van der Waals surface area contributed by atoms with Crippen molar-refractivity contribution in [1.29, 1.82) is 0 Å². The molecule has 2 saturated carbocycles. The number of carbonyl (C=O) groups is 1. The normalized spacial score (nSPS) is 43.5. The molecule has 0 radical (unpaired) electrons. The van der Waals surface area contributed by atoms with E-state index in [1.165, 1.54) is 12.8 Å². The Morgan fingerprint density at radius 2 is 2.20 bits per heavy atom. The highest BCUT2D eigenvalue weighted by molar-refractivity contribution is 5.79. The van der Waals surface area contributed by atoms with Crippen LogP contribution in [0.15, 0.2) is 0 Å². The summed E-state index contributed by atoms with van der Waals surface area (Å²) in [5, 5.41) is 9.21. The van der Waals surface area contributed by atoms with Crippen molar-refractivity contribution in [2.24, 2.45) is 16.7 Å². The summed E-state index contributed by atoms with van der Waals surface area (Å²) < 4.78 is 0. The first-order valence-electron chi connectivity index (χ1n) is 5.95. The zero-order valence-corrected chi connectivity index (χ0v) is 9.49. The van der Waals surface area contributed by atoms with Crippen LogP contribution in [0.2, 0.25) is 0 Å². The molecule has 15 heavy (non-hydrogen) atoms. The topological polar surface area (TPSA) is 40.5 Å². The standard InChI is InChI=1S/C12H19NO2/c1-8(11(2)3-4-11)13-6-9-5-12(9,7-13)10(14)15/h8-9H,3-7H2,1-2H3,(H,14,15). The van der Waals surface area contributed by atoms with Gasteiger partial charge in [-0.3, -0.25) is 9.69 Å². The van der Waals surface area contributed by atoms with Crippen LogP contribution in [-0.4, -0.2) is 35.1 Å². The monoisotopic (exact) mass is 209 g/mol. The SMILES string of the molecule is CC(N1CC2CC2(C(=O)O)C1)C1(C)CC1. The Labute approximate surface area is 90.5 Å². The van der Waals surface area contributed by atoms with Crippen LogP contribution < -0.4 is 0 Å². The lowest BCUT2D eigenvalue weighted by Crippen LogP contribution is -2.40. The smallest absolute Gasteiger partial charge is 0.311 e. The molecule has 3 rings (SSSR count). The number of fused-ring (bicyclic) bond motifs is 1. The molecule has 3 unspecified atom stereocenters. The first-order valence-corrected chi connectivity index (χ1v) is 5.95. The largest absolute Gasteiger partial charge is 0.481 e. The molecule has 1 aliphatic heterocycles. The van der Waals surface area contributed by atoms with Crippen LogP contribution >= 0.6 is 0 Å². The quantitative estimate of drug-likeness (QED) is 0.767. The summed E-state index contributed by atoms with van der Waals surface area (Å²) in [7, 11) is 0. The molecule has 1 saturated heterocycles. The zero-order valence-electron chi connectivity index (χ0n) is 9.49. The summed E-state index contributed by atoms with van der Waals surface area (Å²) in [6.45, 7) is 6.41. The molecular formula is C12H19NO2. The molecular weight excluding hydrogens is 190 g/mol. The van der Waals surface area contributed by atoms with Gasteiger partial charge in [-0.2, -0.15) is 0 Å². The Hall–Kier alpha value is -0.570. The van der Waals surface area contributed by atoms with Crippen LogP contribution in [0.5, 0.6) is 0 Å². The van der Waals surface area contributed by atoms with Gasteiger partial charge >= 0.3 is 5.97 Å². The number of piperidine rings is 1. The van der Waals surface area contributed by atoms with E-state index in [1.807, 2.05) is 0 Å². The predicted octanol–water partition coefficient (Wildman–Crippen LogP) is 1.58. The molecule has 84 valence electrons. The summed E-state index contributed by atoms with van der Waals surface area (Å²) >= 11 is 0. The lowest BCUT2D eigenvalue weighted by molar-refractivity contribution is -0.143. The fraction of sp³-hybridized carbons (Fsp3) is 0.917. The Morgan fingerprint density at radius 3 is 2.67 bits per heavy atom. The maximum atomic E-state index is 11.2. The maximum Gasteiger partial charge on any atom is 0.311 e. The number of rotatable bonds is 3. The van der Waals surface area contributed by atoms with Crippen molar-refractivity contribution in [3.63, 3.8) is 0 Å².